The van der Waals surface area contributed by atoms with Crippen LogP contribution in [0.15, 0.2) is 0 Å². The molecule has 1 amide bonds. The summed E-state index contributed by atoms with van der Waals surface area (Å²) >= 11 is 0. The minimum absolute atomic E-state index is 0.0378. The summed E-state index contributed by atoms with van der Waals surface area (Å²) in [4.78, 5) is 11.9. The van der Waals surface area contributed by atoms with Crippen LogP contribution >= 0.6 is 0 Å². The summed E-state index contributed by atoms with van der Waals surface area (Å²) in [6, 6.07) is 2.25. The van der Waals surface area contributed by atoms with Crippen molar-refractivity contribution in [3.63, 3.8) is 0 Å². The molecule has 1 fully saturated rings. The minimum Gasteiger partial charge on any atom is -0.352 e. The van der Waals surface area contributed by atoms with Crippen molar-refractivity contribution in [3.05, 3.63) is 0 Å². The molecule has 0 aliphatic heterocycles. The summed E-state index contributed by atoms with van der Waals surface area (Å²) in [5.41, 5.74) is -0.685. The Bertz CT molecular complexity index is 292. The molecule has 0 bridgehead atoms. The number of nitriles is 1. The first-order valence-corrected chi connectivity index (χ1v) is 5.54. The molecule has 3 heteroatoms. The molecule has 0 aromatic carbocycles. The molecular weight excluding hydrogens is 188 g/mol. The highest BCUT2D eigenvalue weighted by atomic mass is 16.2. The van der Waals surface area contributed by atoms with Gasteiger partial charge in [0.05, 0.1) is 6.07 Å². The molecule has 1 aliphatic carbocycles. The first-order valence-electron chi connectivity index (χ1n) is 5.54. The monoisotopic (exact) mass is 208 g/mol. The maximum absolute atomic E-state index is 11.9. The van der Waals surface area contributed by atoms with Gasteiger partial charge in [-0.3, -0.25) is 4.79 Å². The zero-order chi connectivity index (χ0) is 11.7. The van der Waals surface area contributed by atoms with Crippen molar-refractivity contribution in [1.29, 1.82) is 5.26 Å². The van der Waals surface area contributed by atoms with E-state index in [2.05, 4.69) is 32.2 Å². The van der Waals surface area contributed by atoms with E-state index in [9.17, 15) is 4.79 Å². The highest BCUT2D eigenvalue weighted by Crippen LogP contribution is 2.40. The lowest BCUT2D eigenvalue weighted by molar-refractivity contribution is -0.133. The topological polar surface area (TPSA) is 52.9 Å². The number of carbonyl (C=O) groups is 1. The van der Waals surface area contributed by atoms with Crippen LogP contribution in [0.1, 0.15) is 47.0 Å². The zero-order valence-corrected chi connectivity index (χ0v) is 10.1. The van der Waals surface area contributed by atoms with Crippen LogP contribution in [-0.4, -0.2) is 11.9 Å². The zero-order valence-electron chi connectivity index (χ0n) is 10.1. The number of nitrogens with one attached hydrogen (secondary N) is 1. The normalized spacial score (nSPS) is 21.0. The third-order valence-corrected chi connectivity index (χ3v) is 3.50. The molecule has 1 saturated carbocycles. The van der Waals surface area contributed by atoms with Gasteiger partial charge in [0, 0.05) is 6.04 Å². The fourth-order valence-electron chi connectivity index (χ4n) is 1.47. The Morgan fingerprint density at radius 1 is 1.47 bits per heavy atom. The van der Waals surface area contributed by atoms with E-state index in [0.29, 0.717) is 12.8 Å². The van der Waals surface area contributed by atoms with Crippen LogP contribution in [0.5, 0.6) is 0 Å². The Kier molecular flexibility index (Phi) is 3.08. The number of carbonyl (C=O) groups excluding carboxylic acids is 1. The second kappa shape index (κ2) is 3.84. The van der Waals surface area contributed by atoms with E-state index < -0.39 is 5.41 Å². The van der Waals surface area contributed by atoms with Crippen LogP contribution in [0.3, 0.4) is 0 Å². The van der Waals surface area contributed by atoms with Gasteiger partial charge in [0.25, 0.3) is 0 Å². The van der Waals surface area contributed by atoms with Gasteiger partial charge in [-0.15, -0.1) is 0 Å². The summed E-state index contributed by atoms with van der Waals surface area (Å²) in [7, 11) is 0. The molecule has 84 valence electrons. The van der Waals surface area contributed by atoms with E-state index >= 15 is 0 Å². The SMILES string of the molecule is CC(NC(=O)C1(C#N)CCC1)C(C)(C)C. The molecule has 0 heterocycles. The molecule has 0 aromatic heterocycles. The van der Waals surface area contributed by atoms with Gasteiger partial charge < -0.3 is 5.32 Å². The Morgan fingerprint density at radius 3 is 2.27 bits per heavy atom. The number of nitrogens with zero attached hydrogens (tertiary/aromatic N) is 1. The van der Waals surface area contributed by atoms with Gasteiger partial charge in [0.1, 0.15) is 5.41 Å². The summed E-state index contributed by atoms with van der Waals surface area (Å²) in [5.74, 6) is -0.0846. The maximum Gasteiger partial charge on any atom is 0.240 e. The first-order chi connectivity index (χ1) is 6.82. The third-order valence-electron chi connectivity index (χ3n) is 3.50. The Balaban J connectivity index is 2.60. The molecule has 15 heavy (non-hydrogen) atoms. The fourth-order valence-corrected chi connectivity index (χ4v) is 1.47. The molecule has 0 aromatic rings. The van der Waals surface area contributed by atoms with Crippen molar-refractivity contribution in [2.24, 2.45) is 10.8 Å². The van der Waals surface area contributed by atoms with Gasteiger partial charge in [-0.25, -0.2) is 0 Å². The van der Waals surface area contributed by atoms with Crippen LogP contribution in [0, 0.1) is 22.2 Å². The van der Waals surface area contributed by atoms with Gasteiger partial charge in [-0.05, 0) is 31.6 Å². The van der Waals surface area contributed by atoms with Gasteiger partial charge in [0.15, 0.2) is 0 Å². The van der Waals surface area contributed by atoms with Crippen molar-refractivity contribution in [2.45, 2.75) is 53.0 Å². The van der Waals surface area contributed by atoms with Crippen molar-refractivity contribution in [2.75, 3.05) is 0 Å². The van der Waals surface area contributed by atoms with Gasteiger partial charge in [0.2, 0.25) is 5.91 Å². The molecule has 1 aliphatic rings. The van der Waals surface area contributed by atoms with Crippen molar-refractivity contribution >= 4 is 5.91 Å². The molecular formula is C12H20N2O. The lowest BCUT2D eigenvalue weighted by atomic mass is 9.69. The average Bonchev–Trinajstić information content (AvgIpc) is 2.01. The van der Waals surface area contributed by atoms with Gasteiger partial charge >= 0.3 is 0 Å². The summed E-state index contributed by atoms with van der Waals surface area (Å²) < 4.78 is 0. The van der Waals surface area contributed by atoms with E-state index in [-0.39, 0.29) is 17.4 Å². The molecule has 1 N–H and O–H groups in total. The number of hydrogen-bond donors (Lipinski definition) is 1. The predicted octanol–water partition coefficient (Wildman–Crippen LogP) is 2.23. The number of amides is 1. The number of hydrogen-bond acceptors (Lipinski definition) is 2. The second-order valence-electron chi connectivity index (χ2n) is 5.61. The van der Waals surface area contributed by atoms with Gasteiger partial charge in [-0.2, -0.15) is 5.26 Å². The van der Waals surface area contributed by atoms with E-state index in [0.717, 1.165) is 6.42 Å². The van der Waals surface area contributed by atoms with Crippen molar-refractivity contribution < 1.29 is 4.79 Å². The lowest BCUT2D eigenvalue weighted by Crippen LogP contribution is -2.50. The van der Waals surface area contributed by atoms with E-state index in [1.54, 1.807) is 0 Å². The largest absolute Gasteiger partial charge is 0.352 e. The summed E-state index contributed by atoms with van der Waals surface area (Å²) in [6.45, 7) is 8.23. The molecule has 1 atom stereocenters. The Hall–Kier alpha value is -1.04. The Morgan fingerprint density at radius 2 is 2.00 bits per heavy atom. The third kappa shape index (κ3) is 2.31. The first kappa shape index (κ1) is 12.0. The highest BCUT2D eigenvalue weighted by Gasteiger charge is 2.45. The molecule has 0 spiro atoms. The maximum atomic E-state index is 11.9. The molecule has 0 saturated heterocycles. The standard InChI is InChI=1S/C12H20N2O/c1-9(11(2,3)4)14-10(15)12(8-13)6-5-7-12/h9H,5-7H2,1-4H3,(H,14,15). The van der Waals surface area contributed by atoms with Crippen LogP contribution in [0.4, 0.5) is 0 Å². The van der Waals surface area contributed by atoms with Crippen LogP contribution in [-0.2, 0) is 4.79 Å². The molecule has 0 radical (unpaired) electrons. The van der Waals surface area contributed by atoms with E-state index in [1.165, 1.54) is 0 Å². The Labute approximate surface area is 91.9 Å². The average molecular weight is 208 g/mol. The predicted molar refractivity (Wildman–Crippen MR) is 59.0 cm³/mol. The minimum atomic E-state index is -0.723. The molecule has 1 rings (SSSR count). The fraction of sp³-hybridized carbons (Fsp3) is 0.833. The van der Waals surface area contributed by atoms with Crippen molar-refractivity contribution in [1.82, 2.24) is 5.32 Å². The van der Waals surface area contributed by atoms with Crippen molar-refractivity contribution in [3.8, 4) is 6.07 Å². The van der Waals surface area contributed by atoms with Gasteiger partial charge in [-0.1, -0.05) is 20.8 Å². The molecule has 3 nitrogen and oxygen atoms in total. The van der Waals surface area contributed by atoms with Crippen LogP contribution < -0.4 is 5.32 Å². The lowest BCUT2D eigenvalue weighted by Gasteiger charge is -2.37. The van der Waals surface area contributed by atoms with Crippen LogP contribution in [0.25, 0.3) is 0 Å². The van der Waals surface area contributed by atoms with E-state index in [1.807, 2.05) is 6.92 Å². The quantitative estimate of drug-likeness (QED) is 0.756. The number of rotatable bonds is 2. The highest BCUT2D eigenvalue weighted by molar-refractivity contribution is 5.86. The summed E-state index contributed by atoms with van der Waals surface area (Å²) in [6.07, 6.45) is 2.42. The van der Waals surface area contributed by atoms with E-state index in [4.69, 9.17) is 5.26 Å². The summed E-state index contributed by atoms with van der Waals surface area (Å²) in [5, 5.41) is 12.0. The molecule has 1 unspecified atom stereocenters. The second-order valence-corrected chi connectivity index (χ2v) is 5.61. The smallest absolute Gasteiger partial charge is 0.240 e. The van der Waals surface area contributed by atoms with Crippen LogP contribution in [0.2, 0.25) is 0 Å².